The normalized spacial score (nSPS) is 28.7. The second kappa shape index (κ2) is 4.35. The minimum atomic E-state index is -0.711. The molecule has 2 aliphatic rings. The molecule has 1 aliphatic heterocycles. The molecule has 1 aliphatic carbocycles. The van der Waals surface area contributed by atoms with Crippen LogP contribution >= 0.6 is 0 Å². The molecule has 0 radical (unpaired) electrons. The molecule has 0 aromatic carbocycles. The lowest BCUT2D eigenvalue weighted by Gasteiger charge is -2.20. The first kappa shape index (κ1) is 11.6. The number of likely N-dealkylation sites (tertiary alicyclic amines) is 1. The Kier molecular flexibility index (Phi) is 2.81. The molecular formula is C12H17N3O3. The maximum Gasteiger partial charge on any atom is 0.308 e. The van der Waals surface area contributed by atoms with E-state index in [0.717, 1.165) is 25.3 Å². The SMILES string of the molecule is CC1C(C(=O)O)CCN1Cc1noc(C2CC2)n1. The molecule has 0 amide bonds. The van der Waals surface area contributed by atoms with Gasteiger partial charge in [-0.2, -0.15) is 4.98 Å². The summed E-state index contributed by atoms with van der Waals surface area (Å²) in [5.74, 6) is 0.895. The lowest BCUT2D eigenvalue weighted by Crippen LogP contribution is -2.32. The van der Waals surface area contributed by atoms with Crippen LogP contribution in [0.4, 0.5) is 0 Å². The van der Waals surface area contributed by atoms with Gasteiger partial charge in [-0.3, -0.25) is 9.69 Å². The van der Waals surface area contributed by atoms with Crippen LogP contribution < -0.4 is 0 Å². The van der Waals surface area contributed by atoms with Crippen LogP contribution in [0, 0.1) is 5.92 Å². The molecule has 1 N–H and O–H groups in total. The summed E-state index contributed by atoms with van der Waals surface area (Å²) >= 11 is 0. The van der Waals surface area contributed by atoms with Gasteiger partial charge >= 0.3 is 5.97 Å². The summed E-state index contributed by atoms with van der Waals surface area (Å²) in [6, 6.07) is 0.0328. The van der Waals surface area contributed by atoms with Crippen molar-refractivity contribution in [1.29, 1.82) is 0 Å². The summed E-state index contributed by atoms with van der Waals surface area (Å²) in [5, 5.41) is 13.0. The van der Waals surface area contributed by atoms with Gasteiger partial charge in [0.25, 0.3) is 0 Å². The van der Waals surface area contributed by atoms with Crippen molar-refractivity contribution in [3.05, 3.63) is 11.7 Å². The topological polar surface area (TPSA) is 79.5 Å². The molecule has 2 fully saturated rings. The van der Waals surface area contributed by atoms with Gasteiger partial charge in [0.15, 0.2) is 5.82 Å². The van der Waals surface area contributed by atoms with Gasteiger partial charge in [-0.1, -0.05) is 5.16 Å². The molecule has 6 nitrogen and oxygen atoms in total. The van der Waals surface area contributed by atoms with E-state index in [0.29, 0.717) is 24.7 Å². The number of carbonyl (C=O) groups is 1. The highest BCUT2D eigenvalue weighted by Crippen LogP contribution is 2.39. The van der Waals surface area contributed by atoms with Crippen molar-refractivity contribution in [1.82, 2.24) is 15.0 Å². The van der Waals surface area contributed by atoms with E-state index in [1.54, 1.807) is 0 Å². The summed E-state index contributed by atoms with van der Waals surface area (Å²) in [7, 11) is 0. The van der Waals surface area contributed by atoms with Crippen LogP contribution in [0.25, 0.3) is 0 Å². The standard InChI is InChI=1S/C12H17N3O3/c1-7-9(12(16)17)4-5-15(7)6-10-13-11(18-14-10)8-2-3-8/h7-9H,2-6H2,1H3,(H,16,17). The minimum Gasteiger partial charge on any atom is -0.481 e. The first-order chi connectivity index (χ1) is 8.65. The third kappa shape index (κ3) is 2.12. The lowest BCUT2D eigenvalue weighted by atomic mass is 10.0. The van der Waals surface area contributed by atoms with E-state index in [9.17, 15) is 4.79 Å². The molecule has 0 bridgehead atoms. The maximum atomic E-state index is 11.0. The van der Waals surface area contributed by atoms with Gasteiger partial charge in [-0.25, -0.2) is 0 Å². The highest BCUT2D eigenvalue weighted by Gasteiger charge is 2.36. The summed E-state index contributed by atoms with van der Waals surface area (Å²) in [5.41, 5.74) is 0. The second-order valence-electron chi connectivity index (χ2n) is 5.27. The highest BCUT2D eigenvalue weighted by atomic mass is 16.5. The molecule has 3 rings (SSSR count). The van der Waals surface area contributed by atoms with Crippen LogP contribution in [0.1, 0.15) is 43.8 Å². The Bertz CT molecular complexity index is 455. The number of carboxylic acids is 1. The predicted octanol–water partition coefficient (Wildman–Crippen LogP) is 1.24. The number of carboxylic acid groups (broad SMARTS) is 1. The molecule has 0 spiro atoms. The molecule has 98 valence electrons. The monoisotopic (exact) mass is 251 g/mol. The molecule has 2 unspecified atom stereocenters. The zero-order valence-corrected chi connectivity index (χ0v) is 10.4. The average Bonchev–Trinajstić information content (AvgIpc) is 2.97. The summed E-state index contributed by atoms with van der Waals surface area (Å²) in [6.45, 7) is 3.32. The van der Waals surface area contributed by atoms with E-state index in [1.165, 1.54) is 0 Å². The Balaban J connectivity index is 1.63. The number of aromatic nitrogens is 2. The van der Waals surface area contributed by atoms with E-state index in [2.05, 4.69) is 15.0 Å². The van der Waals surface area contributed by atoms with E-state index in [4.69, 9.17) is 9.63 Å². The predicted molar refractivity (Wildman–Crippen MR) is 61.9 cm³/mol. The molecule has 1 saturated heterocycles. The van der Waals surface area contributed by atoms with Crippen LogP contribution in [-0.4, -0.2) is 38.7 Å². The maximum absolute atomic E-state index is 11.0. The van der Waals surface area contributed by atoms with Crippen LogP contribution in [0.3, 0.4) is 0 Å². The number of aliphatic carboxylic acids is 1. The molecule has 6 heteroatoms. The van der Waals surface area contributed by atoms with Crippen LogP contribution in [0.2, 0.25) is 0 Å². The molecule has 1 saturated carbocycles. The van der Waals surface area contributed by atoms with Gasteiger partial charge in [0, 0.05) is 12.0 Å². The van der Waals surface area contributed by atoms with E-state index in [1.807, 2.05) is 6.92 Å². The Hall–Kier alpha value is -1.43. The molecular weight excluding hydrogens is 234 g/mol. The highest BCUT2D eigenvalue weighted by molar-refractivity contribution is 5.71. The molecule has 18 heavy (non-hydrogen) atoms. The molecule has 1 aromatic heterocycles. The number of hydrogen-bond donors (Lipinski definition) is 1. The van der Waals surface area contributed by atoms with Gasteiger partial charge in [-0.15, -0.1) is 0 Å². The van der Waals surface area contributed by atoms with Gasteiger partial charge in [0.1, 0.15) is 0 Å². The first-order valence-electron chi connectivity index (χ1n) is 6.44. The van der Waals surface area contributed by atoms with E-state index >= 15 is 0 Å². The summed E-state index contributed by atoms with van der Waals surface area (Å²) in [4.78, 5) is 17.5. The van der Waals surface area contributed by atoms with E-state index in [-0.39, 0.29) is 12.0 Å². The molecule has 2 atom stereocenters. The van der Waals surface area contributed by atoms with Crippen LogP contribution in [0.15, 0.2) is 4.52 Å². The van der Waals surface area contributed by atoms with Crippen molar-refractivity contribution < 1.29 is 14.4 Å². The van der Waals surface area contributed by atoms with Gasteiger partial charge in [0.2, 0.25) is 5.89 Å². The van der Waals surface area contributed by atoms with Crippen molar-refractivity contribution in [2.24, 2.45) is 5.92 Å². The third-order valence-corrected chi connectivity index (χ3v) is 3.96. The first-order valence-corrected chi connectivity index (χ1v) is 6.44. The smallest absolute Gasteiger partial charge is 0.308 e. The number of rotatable bonds is 4. The summed E-state index contributed by atoms with van der Waals surface area (Å²) < 4.78 is 5.20. The van der Waals surface area contributed by atoms with Gasteiger partial charge in [-0.05, 0) is 32.7 Å². The second-order valence-corrected chi connectivity index (χ2v) is 5.27. The quantitative estimate of drug-likeness (QED) is 0.867. The van der Waals surface area contributed by atoms with Crippen molar-refractivity contribution in [2.45, 2.75) is 44.7 Å². The lowest BCUT2D eigenvalue weighted by molar-refractivity contribution is -0.142. The Labute approximate surface area is 105 Å². The Morgan fingerprint density at radius 3 is 2.89 bits per heavy atom. The average molecular weight is 251 g/mol. The van der Waals surface area contributed by atoms with Crippen molar-refractivity contribution >= 4 is 5.97 Å². The van der Waals surface area contributed by atoms with Crippen LogP contribution in [0.5, 0.6) is 0 Å². The largest absolute Gasteiger partial charge is 0.481 e. The fourth-order valence-corrected chi connectivity index (χ4v) is 2.57. The zero-order chi connectivity index (χ0) is 12.7. The van der Waals surface area contributed by atoms with Crippen LogP contribution in [-0.2, 0) is 11.3 Å². The third-order valence-electron chi connectivity index (χ3n) is 3.96. The Morgan fingerprint density at radius 2 is 2.28 bits per heavy atom. The molecule has 2 heterocycles. The minimum absolute atomic E-state index is 0.0328. The van der Waals surface area contributed by atoms with Crippen molar-refractivity contribution in [2.75, 3.05) is 6.54 Å². The van der Waals surface area contributed by atoms with Gasteiger partial charge in [0.05, 0.1) is 12.5 Å². The number of hydrogen-bond acceptors (Lipinski definition) is 5. The fraction of sp³-hybridized carbons (Fsp3) is 0.750. The van der Waals surface area contributed by atoms with Crippen molar-refractivity contribution in [3.8, 4) is 0 Å². The van der Waals surface area contributed by atoms with Crippen molar-refractivity contribution in [3.63, 3.8) is 0 Å². The Morgan fingerprint density at radius 1 is 1.50 bits per heavy atom. The zero-order valence-electron chi connectivity index (χ0n) is 10.4. The van der Waals surface area contributed by atoms with E-state index < -0.39 is 5.97 Å². The number of nitrogens with zero attached hydrogens (tertiary/aromatic N) is 3. The fourth-order valence-electron chi connectivity index (χ4n) is 2.57. The van der Waals surface area contributed by atoms with Gasteiger partial charge < -0.3 is 9.63 Å². The summed E-state index contributed by atoms with van der Waals surface area (Å²) in [6.07, 6.45) is 2.98. The molecule has 1 aromatic rings.